The van der Waals surface area contributed by atoms with Gasteiger partial charge in [0.15, 0.2) is 0 Å². The second-order valence-corrected chi connectivity index (χ2v) is 0. The van der Waals surface area contributed by atoms with Gasteiger partial charge in [0, 0.05) is 0 Å². The van der Waals surface area contributed by atoms with Crippen molar-refractivity contribution in [3.8, 4) is 0 Å². The molecule has 0 aliphatic rings. The number of hydrogen-bond donors (Lipinski definition) is 0. The van der Waals surface area contributed by atoms with E-state index in [0.717, 1.165) is 0 Å². The molecule has 8 heteroatoms. The van der Waals surface area contributed by atoms with Gasteiger partial charge in [-0.3, -0.25) is 0 Å². The van der Waals surface area contributed by atoms with E-state index in [1.165, 1.54) is 0 Å². The van der Waals surface area contributed by atoms with E-state index in [-0.39, 0.29) is 127 Å². The van der Waals surface area contributed by atoms with Crippen LogP contribution in [0, 0.1) is 0 Å². The van der Waals surface area contributed by atoms with Gasteiger partial charge < -0.3 is 9.41 Å². The summed E-state index contributed by atoms with van der Waals surface area (Å²) >= 11 is 0. The van der Waals surface area contributed by atoms with Gasteiger partial charge in [-0.25, -0.2) is 0 Å². The summed E-state index contributed by atoms with van der Waals surface area (Å²) in [6.07, 6.45) is 0. The van der Waals surface area contributed by atoms with Crippen LogP contribution >= 0.6 is 18.2 Å². The van der Waals surface area contributed by atoms with Crippen molar-refractivity contribution in [3.05, 3.63) is 0 Å². The molecular formula is C2H12B2F2K2P2. The fourth-order valence-electron chi connectivity index (χ4n) is 0. The molecule has 0 aliphatic heterocycles. The van der Waals surface area contributed by atoms with E-state index in [9.17, 15) is 0 Å². The Balaban J connectivity index is -0.000000000833. The molecule has 0 aromatic carbocycles. The van der Waals surface area contributed by atoms with Gasteiger partial charge in [0.05, 0.1) is 15.1 Å². The fraction of sp³-hybridized carbons (Fsp3) is 1.00. The first kappa shape index (κ1) is 64.9. The Bertz CT molecular complexity index is 23.2. The molecule has 2 atom stereocenters. The maximum absolute atomic E-state index is 4.42. The average Bonchev–Trinajstić information content (AvgIpc) is 1.50. The third-order valence-corrected chi connectivity index (χ3v) is 0. The van der Waals surface area contributed by atoms with Crippen molar-refractivity contribution in [1.82, 2.24) is 0 Å². The van der Waals surface area contributed by atoms with Gasteiger partial charge in [-0.2, -0.15) is 18.2 Å². The van der Waals surface area contributed by atoms with E-state index in [2.05, 4.69) is 15.1 Å². The van der Waals surface area contributed by atoms with Crippen LogP contribution in [0.4, 0.5) is 0 Å². The second kappa shape index (κ2) is 113. The van der Waals surface area contributed by atoms with Gasteiger partial charge in [-0.1, -0.05) is 14.9 Å². The summed E-state index contributed by atoms with van der Waals surface area (Å²) in [5.41, 5.74) is 0. The van der Waals surface area contributed by atoms with Crippen LogP contribution in [-0.2, 0) is 0 Å². The molecule has 0 heterocycles. The number of halogens is 2. The van der Waals surface area contributed by atoms with E-state index in [4.69, 9.17) is 0 Å². The first-order valence-corrected chi connectivity index (χ1v) is 2.00. The minimum Gasteiger partial charge on any atom is -1.00 e. The van der Waals surface area contributed by atoms with Gasteiger partial charge in [0.25, 0.3) is 0 Å². The van der Waals surface area contributed by atoms with E-state index >= 15 is 0 Å². The van der Waals surface area contributed by atoms with Crippen LogP contribution in [-0.4, -0.2) is 15.1 Å². The standard InChI is InChI=1S/2CH4.2BH2P.2FH.2K/c;;2*1-2;;;;/h2*1H4;2*2H2;2*1H;;/q;;;;;;2*+1/p-2. The van der Waals surface area contributed by atoms with Gasteiger partial charge in [-0.05, 0) is 0 Å². The van der Waals surface area contributed by atoms with Crippen LogP contribution in [0.3, 0.4) is 0 Å². The molecule has 0 bridgehead atoms. The quantitative estimate of drug-likeness (QED) is 0.289. The van der Waals surface area contributed by atoms with Crippen molar-refractivity contribution in [2.75, 3.05) is 0 Å². The van der Waals surface area contributed by atoms with E-state index < -0.39 is 0 Å². The third kappa shape index (κ3) is 88.2. The molecule has 0 nitrogen and oxygen atoms in total. The molecule has 2 unspecified atom stereocenters. The minimum absolute atomic E-state index is 0. The van der Waals surface area contributed by atoms with Crippen molar-refractivity contribution in [2.45, 2.75) is 14.9 Å². The summed E-state index contributed by atoms with van der Waals surface area (Å²) in [6, 6.07) is 0. The van der Waals surface area contributed by atoms with E-state index in [1.807, 2.05) is 18.2 Å². The maximum atomic E-state index is 4.42. The largest absolute Gasteiger partial charge is 1.00 e. The molecule has 4 radical (unpaired) electrons. The molecule has 0 aromatic heterocycles. The summed E-state index contributed by atoms with van der Waals surface area (Å²) in [5.74, 6) is 0. The van der Waals surface area contributed by atoms with Crippen LogP contribution in [0.2, 0.25) is 0 Å². The molecule has 0 spiro atoms. The van der Waals surface area contributed by atoms with Crippen molar-refractivity contribution in [3.63, 3.8) is 0 Å². The van der Waals surface area contributed by atoms with Crippen LogP contribution < -0.4 is 112 Å². The molecule has 0 aromatic rings. The predicted molar refractivity (Wildman–Crippen MR) is 44.4 cm³/mol. The van der Waals surface area contributed by atoms with Crippen molar-refractivity contribution in [2.24, 2.45) is 0 Å². The molecule has 0 amide bonds. The van der Waals surface area contributed by atoms with Crippen LogP contribution in [0.5, 0.6) is 0 Å². The fourth-order valence-corrected chi connectivity index (χ4v) is 0. The molecule has 0 saturated heterocycles. The Hall–Kier alpha value is 4.12. The summed E-state index contributed by atoms with van der Waals surface area (Å²) in [7, 11) is 12.7. The number of hydrogen-bond acceptors (Lipinski definition) is 0. The summed E-state index contributed by atoms with van der Waals surface area (Å²) in [4.78, 5) is 0. The first-order chi connectivity index (χ1) is 2.00. The molecule has 0 aliphatic carbocycles. The zero-order chi connectivity index (χ0) is 4.00. The zero-order valence-electron chi connectivity index (χ0n) is 5.07. The topological polar surface area (TPSA) is 0 Å². The Morgan fingerprint density at radius 3 is 0.600 bits per heavy atom. The monoisotopic (exact) mass is 236 g/mol. The molecule has 0 rings (SSSR count). The molecule has 52 valence electrons. The minimum atomic E-state index is 0. The smallest absolute Gasteiger partial charge is 1.00 e. The Morgan fingerprint density at radius 1 is 0.600 bits per heavy atom. The van der Waals surface area contributed by atoms with Crippen LogP contribution in [0.15, 0.2) is 0 Å². The Kier molecular flexibility index (Phi) is 736. The van der Waals surface area contributed by atoms with Gasteiger partial charge in [-0.15, -0.1) is 0 Å². The third-order valence-electron chi connectivity index (χ3n) is 0. The van der Waals surface area contributed by atoms with Crippen LogP contribution in [0.1, 0.15) is 14.9 Å². The van der Waals surface area contributed by atoms with Crippen molar-refractivity contribution < 1.29 is 112 Å². The Labute approximate surface area is 156 Å². The summed E-state index contributed by atoms with van der Waals surface area (Å²) in [6.45, 7) is 0. The molecule has 10 heavy (non-hydrogen) atoms. The van der Waals surface area contributed by atoms with Crippen molar-refractivity contribution >= 4 is 33.4 Å². The Morgan fingerprint density at radius 2 is 0.600 bits per heavy atom. The predicted octanol–water partition coefficient (Wildman–Crippen LogP) is -10.8. The SMILES string of the molecule is C.C.[B]P.[B]P.[F-].[F-].[K+].[K+]. The van der Waals surface area contributed by atoms with E-state index in [0.29, 0.717) is 0 Å². The normalized spacial score (nSPS) is 1.00. The molecule has 0 saturated carbocycles. The second-order valence-electron chi connectivity index (χ2n) is 0. The zero-order valence-corrected chi connectivity index (χ0v) is 13.6. The molecule has 0 N–H and O–H groups in total. The van der Waals surface area contributed by atoms with Crippen LogP contribution in [0.25, 0.3) is 0 Å². The average molecular weight is 236 g/mol. The maximum Gasteiger partial charge on any atom is 1.00 e. The van der Waals surface area contributed by atoms with Gasteiger partial charge >= 0.3 is 103 Å². The van der Waals surface area contributed by atoms with E-state index in [1.54, 1.807) is 0 Å². The summed E-state index contributed by atoms with van der Waals surface area (Å²) < 4.78 is 0. The van der Waals surface area contributed by atoms with Crippen molar-refractivity contribution in [1.29, 1.82) is 0 Å². The number of rotatable bonds is 0. The summed E-state index contributed by atoms with van der Waals surface area (Å²) in [5, 5.41) is 0. The van der Waals surface area contributed by atoms with Gasteiger partial charge in [0.2, 0.25) is 0 Å². The molecular weight excluding hydrogens is 224 g/mol. The van der Waals surface area contributed by atoms with Gasteiger partial charge in [0.1, 0.15) is 0 Å². The molecule has 0 fully saturated rings. The first-order valence-electron chi connectivity index (χ1n) is 0.667.